The maximum atomic E-state index is 2.82. The predicted octanol–water partition coefficient (Wildman–Crippen LogP) is 1.71. The molecule has 1 aliphatic carbocycles. The summed E-state index contributed by atoms with van der Waals surface area (Å²) in [6, 6.07) is 0. The van der Waals surface area contributed by atoms with E-state index in [-0.39, 0.29) is 18.9 Å². The first-order valence-corrected chi connectivity index (χ1v) is 3.57. The van der Waals surface area contributed by atoms with E-state index in [4.69, 9.17) is 0 Å². The molecule has 2 heteroatoms. The Hall–Kier alpha value is 1.03. The van der Waals surface area contributed by atoms with E-state index in [1.54, 1.807) is 5.66 Å². The quantitative estimate of drug-likeness (QED) is 0.339. The Kier molecular flexibility index (Phi) is 5.49. The van der Waals surface area contributed by atoms with Gasteiger partial charge < -0.3 is 0 Å². The fourth-order valence-electron chi connectivity index (χ4n) is 1.01. The van der Waals surface area contributed by atoms with Gasteiger partial charge in [0.2, 0.25) is 0 Å². The predicted molar refractivity (Wildman–Crippen MR) is 43.2 cm³/mol. The van der Waals surface area contributed by atoms with Crippen molar-refractivity contribution < 1.29 is 0 Å². The van der Waals surface area contributed by atoms with Crippen LogP contribution in [0.2, 0.25) is 0 Å². The third-order valence-electron chi connectivity index (χ3n) is 1.50. The van der Waals surface area contributed by atoms with Crippen molar-refractivity contribution in [2.24, 2.45) is 0 Å². The zero-order chi connectivity index (χ0) is 5.11. The zero-order valence-electron chi connectivity index (χ0n) is 4.61. The van der Waals surface area contributed by atoms with Crippen molar-refractivity contribution in [1.29, 1.82) is 0 Å². The number of hydrogen-bond donors (Lipinski definition) is 0. The van der Waals surface area contributed by atoms with Crippen molar-refractivity contribution in [1.82, 2.24) is 0 Å². The molecule has 8 heavy (non-hydrogen) atoms. The van der Waals surface area contributed by atoms with Gasteiger partial charge in [0.15, 0.2) is 0 Å². The van der Waals surface area contributed by atoms with Crippen molar-refractivity contribution >= 4 is 28.1 Å². The summed E-state index contributed by atoms with van der Waals surface area (Å²) in [7, 11) is 2.82. The molecule has 0 amide bonds. The van der Waals surface area contributed by atoms with Crippen LogP contribution in [0.3, 0.4) is 0 Å². The van der Waals surface area contributed by atoms with Crippen LogP contribution in [0.25, 0.3) is 0 Å². The van der Waals surface area contributed by atoms with E-state index in [0.29, 0.717) is 0 Å². The molecule has 0 aromatic heterocycles. The van der Waals surface area contributed by atoms with E-state index < -0.39 is 0 Å². The first kappa shape index (κ1) is 9.03. The third-order valence-corrected chi connectivity index (χ3v) is 2.07. The van der Waals surface area contributed by atoms with E-state index in [2.05, 4.69) is 9.24 Å². The van der Waals surface area contributed by atoms with Crippen LogP contribution < -0.4 is 0 Å². The maximum absolute atomic E-state index is 2.82. The molecular formula is C6H13LiP. The van der Waals surface area contributed by atoms with Crippen LogP contribution in [0.1, 0.15) is 32.1 Å². The molecule has 0 heterocycles. The van der Waals surface area contributed by atoms with Crippen molar-refractivity contribution in [2.75, 3.05) is 0 Å². The van der Waals surface area contributed by atoms with Gasteiger partial charge in [-0.15, -0.1) is 9.24 Å². The summed E-state index contributed by atoms with van der Waals surface area (Å²) in [4.78, 5) is 0. The average molecular weight is 123 g/mol. The summed E-state index contributed by atoms with van der Waals surface area (Å²) < 4.78 is 0. The molecule has 0 nitrogen and oxygen atoms in total. The van der Waals surface area contributed by atoms with Crippen LogP contribution in [-0.4, -0.2) is 18.9 Å². The summed E-state index contributed by atoms with van der Waals surface area (Å²) in [6.45, 7) is 0. The normalized spacial score (nSPS) is 22.1. The van der Waals surface area contributed by atoms with Crippen molar-refractivity contribution in [3.05, 3.63) is 5.66 Å². The zero-order valence-corrected chi connectivity index (χ0v) is 5.77. The summed E-state index contributed by atoms with van der Waals surface area (Å²) in [6.07, 6.45) is 7.05. The fraction of sp³-hybridized carbons (Fsp3) is 0.833. The molecule has 1 fully saturated rings. The molecule has 0 spiro atoms. The summed E-state index contributed by atoms with van der Waals surface area (Å²) in [5.41, 5.74) is 1.63. The molecule has 0 bridgehead atoms. The number of rotatable bonds is 0. The van der Waals surface area contributed by atoms with Gasteiger partial charge in [-0.25, -0.2) is 0 Å². The third kappa shape index (κ3) is 3.13. The van der Waals surface area contributed by atoms with Gasteiger partial charge in [-0.2, -0.15) is 0 Å². The van der Waals surface area contributed by atoms with E-state index in [1.807, 2.05) is 0 Å². The molecule has 1 rings (SSSR count). The SMILES string of the molecule is P[C]1CCCCC1.[LiH]. The standard InChI is InChI=1S/C6H12P.Li.H/c7-6-4-2-1-3-5-6;;/h1-5,7H2;;. The minimum absolute atomic E-state index is 0. The van der Waals surface area contributed by atoms with Gasteiger partial charge in [0, 0.05) is 0 Å². The van der Waals surface area contributed by atoms with Gasteiger partial charge in [0.05, 0.1) is 0 Å². The molecule has 0 N–H and O–H groups in total. The first-order chi connectivity index (χ1) is 3.39. The first-order valence-electron chi connectivity index (χ1n) is 3.00. The van der Waals surface area contributed by atoms with Crippen LogP contribution in [-0.2, 0) is 0 Å². The van der Waals surface area contributed by atoms with Gasteiger partial charge in [0.1, 0.15) is 0 Å². The van der Waals surface area contributed by atoms with Gasteiger partial charge >= 0.3 is 18.9 Å². The summed E-state index contributed by atoms with van der Waals surface area (Å²) in [5, 5.41) is 0. The Morgan fingerprint density at radius 1 is 1.00 bits per heavy atom. The van der Waals surface area contributed by atoms with Gasteiger partial charge in [-0.1, -0.05) is 19.3 Å². The Bertz CT molecular complexity index is 50.5. The number of hydrogen-bond acceptors (Lipinski definition) is 0. The van der Waals surface area contributed by atoms with Gasteiger partial charge in [0.25, 0.3) is 0 Å². The molecule has 1 aliphatic rings. The van der Waals surface area contributed by atoms with Crippen molar-refractivity contribution in [2.45, 2.75) is 32.1 Å². The molecule has 1 atom stereocenters. The van der Waals surface area contributed by atoms with E-state index in [0.717, 1.165) is 0 Å². The monoisotopic (exact) mass is 123 g/mol. The van der Waals surface area contributed by atoms with E-state index >= 15 is 0 Å². The molecule has 0 saturated heterocycles. The summed E-state index contributed by atoms with van der Waals surface area (Å²) >= 11 is 0. The van der Waals surface area contributed by atoms with Crippen LogP contribution in [0.15, 0.2) is 0 Å². The van der Waals surface area contributed by atoms with Gasteiger partial charge in [-0.05, 0) is 18.5 Å². The topological polar surface area (TPSA) is 0 Å². The molecule has 1 saturated carbocycles. The van der Waals surface area contributed by atoms with E-state index in [1.165, 1.54) is 32.1 Å². The molecule has 1 unspecified atom stereocenters. The van der Waals surface area contributed by atoms with Crippen LogP contribution in [0.4, 0.5) is 0 Å². The molecule has 43 valence electrons. The molecule has 1 radical (unpaired) electrons. The van der Waals surface area contributed by atoms with Crippen LogP contribution in [0.5, 0.6) is 0 Å². The Labute approximate surface area is 66.2 Å². The molecule has 0 aliphatic heterocycles. The van der Waals surface area contributed by atoms with Crippen LogP contribution in [0, 0.1) is 5.66 Å². The Morgan fingerprint density at radius 3 is 1.75 bits per heavy atom. The van der Waals surface area contributed by atoms with Crippen molar-refractivity contribution in [3.8, 4) is 0 Å². The van der Waals surface area contributed by atoms with Crippen LogP contribution >= 0.6 is 9.24 Å². The fourth-order valence-corrected chi connectivity index (χ4v) is 1.41. The van der Waals surface area contributed by atoms with E-state index in [9.17, 15) is 0 Å². The Balaban J connectivity index is 0.000000490. The van der Waals surface area contributed by atoms with Gasteiger partial charge in [-0.3, -0.25) is 0 Å². The Morgan fingerprint density at radius 2 is 1.50 bits per heavy atom. The van der Waals surface area contributed by atoms with Crippen molar-refractivity contribution in [3.63, 3.8) is 0 Å². The molecule has 0 aromatic carbocycles. The average Bonchev–Trinajstić information content (AvgIpc) is 1.69. The molecule has 0 aromatic rings. The second-order valence-corrected chi connectivity index (χ2v) is 3.04. The minimum atomic E-state index is 0. The second kappa shape index (κ2) is 4.86. The molecular weight excluding hydrogens is 110 g/mol. The second-order valence-electron chi connectivity index (χ2n) is 2.22. The summed E-state index contributed by atoms with van der Waals surface area (Å²) in [5.74, 6) is 0.